The van der Waals surface area contributed by atoms with Gasteiger partial charge in [0.15, 0.2) is 0 Å². The lowest BCUT2D eigenvalue weighted by Gasteiger charge is -2.51. The monoisotopic (exact) mass is 421 g/mol. The molecule has 1 aromatic carbocycles. The average molecular weight is 422 g/mol. The van der Waals surface area contributed by atoms with Gasteiger partial charge in [0.05, 0.1) is 6.20 Å². The second kappa shape index (κ2) is 8.04. The summed E-state index contributed by atoms with van der Waals surface area (Å²) in [6.07, 6.45) is 9.65. The largest absolute Gasteiger partial charge is 0.310 e. The molecule has 1 saturated carbocycles. The van der Waals surface area contributed by atoms with Gasteiger partial charge in [-0.05, 0) is 67.3 Å². The normalized spacial score (nSPS) is 18.9. The van der Waals surface area contributed by atoms with E-state index in [2.05, 4.69) is 32.4 Å². The minimum atomic E-state index is -0.277. The molecule has 0 atom stereocenters. The van der Waals surface area contributed by atoms with Crippen LogP contribution in [0.25, 0.3) is 21.9 Å². The van der Waals surface area contributed by atoms with E-state index in [1.165, 1.54) is 0 Å². The lowest BCUT2D eigenvalue weighted by atomic mass is 9.57. The van der Waals surface area contributed by atoms with Crippen molar-refractivity contribution in [2.45, 2.75) is 25.7 Å². The van der Waals surface area contributed by atoms with Crippen LogP contribution in [0, 0.1) is 11.3 Å². The molecule has 0 bridgehead atoms. The first-order chi connectivity index (χ1) is 15.0. The van der Waals surface area contributed by atoms with Crippen LogP contribution >= 0.6 is 0 Å². The smallest absolute Gasteiger partial charge is 0.228 e. The summed E-state index contributed by atoms with van der Waals surface area (Å²) in [6, 6.07) is 8.15. The van der Waals surface area contributed by atoms with E-state index in [1.54, 1.807) is 10.9 Å². The van der Waals surface area contributed by atoms with Crippen molar-refractivity contribution in [2.75, 3.05) is 31.6 Å². The van der Waals surface area contributed by atoms with Crippen LogP contribution in [0.3, 0.4) is 0 Å². The third-order valence-electron chi connectivity index (χ3n) is 7.06. The van der Waals surface area contributed by atoms with Gasteiger partial charge in [0.25, 0.3) is 0 Å². The predicted octanol–water partition coefficient (Wildman–Crippen LogP) is 4.04. The van der Waals surface area contributed by atoms with E-state index in [9.17, 15) is 9.18 Å². The van der Waals surface area contributed by atoms with Crippen molar-refractivity contribution in [2.24, 2.45) is 18.4 Å². The predicted molar refractivity (Wildman–Crippen MR) is 119 cm³/mol. The van der Waals surface area contributed by atoms with Gasteiger partial charge in [-0.15, -0.1) is 0 Å². The first-order valence-corrected chi connectivity index (χ1v) is 11.0. The fourth-order valence-corrected chi connectivity index (χ4v) is 5.14. The number of pyridine rings is 1. The zero-order chi connectivity index (χ0) is 21.4. The third-order valence-corrected chi connectivity index (χ3v) is 7.06. The molecule has 1 spiro atoms. The lowest BCUT2D eigenvalue weighted by Crippen LogP contribution is -2.50. The summed E-state index contributed by atoms with van der Waals surface area (Å²) in [6.45, 7) is 2.16. The van der Waals surface area contributed by atoms with Crippen molar-refractivity contribution in [3.63, 3.8) is 0 Å². The number of nitrogens with zero attached hydrogens (tertiary/aromatic N) is 4. The molecule has 0 radical (unpaired) electrons. The number of carbonyl (C=O) groups excluding carboxylic acids is 1. The number of piperidine rings is 1. The minimum absolute atomic E-state index is 0.0481. The molecule has 1 N–H and O–H groups in total. The maximum absolute atomic E-state index is 12.8. The van der Waals surface area contributed by atoms with E-state index in [1.807, 2.05) is 31.6 Å². The van der Waals surface area contributed by atoms with Gasteiger partial charge in [0.1, 0.15) is 12.5 Å². The van der Waals surface area contributed by atoms with Crippen LogP contribution in [0.15, 0.2) is 42.9 Å². The Kier molecular flexibility index (Phi) is 5.22. The maximum atomic E-state index is 12.8. The zero-order valence-corrected chi connectivity index (χ0v) is 17.9. The molecule has 162 valence electrons. The summed E-state index contributed by atoms with van der Waals surface area (Å²) in [5, 5.41) is 9.34. The summed E-state index contributed by atoms with van der Waals surface area (Å²) in [5.74, 6) is 0.707. The summed E-state index contributed by atoms with van der Waals surface area (Å²) in [5.41, 5.74) is 2.43. The number of amides is 1. The molecule has 2 aliphatic rings. The summed E-state index contributed by atoms with van der Waals surface area (Å²) < 4.78 is 14.3. The number of nitrogens with one attached hydrogen (secondary N) is 1. The molecule has 3 heterocycles. The number of halogens is 1. The van der Waals surface area contributed by atoms with Crippen molar-refractivity contribution in [1.29, 1.82) is 0 Å². The van der Waals surface area contributed by atoms with Crippen LogP contribution in [0.4, 0.5) is 10.2 Å². The Morgan fingerprint density at radius 1 is 1.16 bits per heavy atom. The fraction of sp³-hybridized carbons (Fsp3) is 0.458. The number of anilines is 1. The minimum Gasteiger partial charge on any atom is -0.310 e. The fourth-order valence-electron chi connectivity index (χ4n) is 5.14. The van der Waals surface area contributed by atoms with Crippen LogP contribution in [-0.2, 0) is 11.8 Å². The number of aromatic nitrogens is 3. The number of benzene rings is 1. The number of hydrogen-bond donors (Lipinski definition) is 1. The highest BCUT2D eigenvalue weighted by molar-refractivity contribution is 5.95. The number of likely N-dealkylation sites (tertiary alicyclic amines) is 1. The molecule has 7 heteroatoms. The molecule has 1 amide bonds. The number of carbonyl (C=O) groups is 1. The van der Waals surface area contributed by atoms with Gasteiger partial charge in [-0.2, -0.15) is 5.10 Å². The van der Waals surface area contributed by atoms with Gasteiger partial charge in [-0.1, -0.05) is 12.1 Å². The number of rotatable bonds is 5. The Labute approximate surface area is 181 Å². The third kappa shape index (κ3) is 4.06. The first kappa shape index (κ1) is 20.1. The number of alkyl halides is 1. The Morgan fingerprint density at radius 2 is 1.97 bits per heavy atom. The van der Waals surface area contributed by atoms with Crippen molar-refractivity contribution >= 4 is 22.5 Å². The van der Waals surface area contributed by atoms with E-state index in [4.69, 9.17) is 0 Å². The molecule has 1 aliphatic carbocycles. The highest BCUT2D eigenvalue weighted by atomic mass is 19.1. The van der Waals surface area contributed by atoms with E-state index < -0.39 is 0 Å². The molecule has 3 aromatic rings. The Morgan fingerprint density at radius 3 is 2.68 bits per heavy atom. The van der Waals surface area contributed by atoms with Crippen LogP contribution in [-0.4, -0.2) is 51.9 Å². The first-order valence-electron chi connectivity index (χ1n) is 11.0. The molecule has 31 heavy (non-hydrogen) atoms. The van der Waals surface area contributed by atoms with E-state index in [0.29, 0.717) is 12.4 Å². The molecular formula is C24H28FN5O. The summed E-state index contributed by atoms with van der Waals surface area (Å²) in [4.78, 5) is 19.4. The van der Waals surface area contributed by atoms with Crippen molar-refractivity contribution < 1.29 is 9.18 Å². The molecule has 2 fully saturated rings. The topological polar surface area (TPSA) is 63.1 Å². The van der Waals surface area contributed by atoms with E-state index in [0.717, 1.165) is 60.7 Å². The van der Waals surface area contributed by atoms with Crippen molar-refractivity contribution in [3.8, 4) is 11.1 Å². The summed E-state index contributed by atoms with van der Waals surface area (Å²) >= 11 is 0. The van der Waals surface area contributed by atoms with Gasteiger partial charge >= 0.3 is 0 Å². The van der Waals surface area contributed by atoms with Gasteiger partial charge < -0.3 is 10.2 Å². The van der Waals surface area contributed by atoms with Crippen molar-refractivity contribution in [1.82, 2.24) is 19.7 Å². The maximum Gasteiger partial charge on any atom is 0.228 e. The van der Waals surface area contributed by atoms with Crippen LogP contribution in [0.5, 0.6) is 0 Å². The quantitative estimate of drug-likeness (QED) is 0.676. The second-order valence-corrected chi connectivity index (χ2v) is 9.16. The van der Waals surface area contributed by atoms with Gasteiger partial charge in [-0.3, -0.25) is 9.48 Å². The summed E-state index contributed by atoms with van der Waals surface area (Å²) in [7, 11) is 1.90. The van der Waals surface area contributed by atoms with Gasteiger partial charge in [-0.25, -0.2) is 9.37 Å². The highest BCUT2D eigenvalue weighted by Gasteiger charge is 2.48. The van der Waals surface area contributed by atoms with Crippen molar-refractivity contribution in [3.05, 3.63) is 42.9 Å². The Bertz CT molecular complexity index is 1090. The number of fused-ring (bicyclic) bond motifs is 1. The molecular weight excluding hydrogens is 393 g/mol. The van der Waals surface area contributed by atoms with E-state index >= 15 is 0 Å². The lowest BCUT2D eigenvalue weighted by molar-refractivity contribution is -0.129. The molecule has 2 aromatic heterocycles. The zero-order valence-electron chi connectivity index (χ0n) is 17.9. The van der Waals surface area contributed by atoms with Gasteiger partial charge in [0.2, 0.25) is 5.91 Å². The van der Waals surface area contributed by atoms with Crippen LogP contribution in [0.1, 0.15) is 25.7 Å². The van der Waals surface area contributed by atoms with Gasteiger partial charge in [0, 0.05) is 42.9 Å². The highest BCUT2D eigenvalue weighted by Crippen LogP contribution is 2.52. The molecule has 5 rings (SSSR count). The average Bonchev–Trinajstić information content (AvgIpc) is 3.19. The SMILES string of the molecule is Cn1cc(-c2ccc3cnc(NC(=O)C4CC5(CCN(CCF)CC5)C4)cc3c2)cn1. The Balaban J connectivity index is 1.23. The molecule has 0 unspecified atom stereocenters. The Hall–Kier alpha value is -2.80. The standard InChI is InChI=1S/C24H28FN5O/c1-29-16-21(15-27-29)17-2-3-18-14-26-22(11-19(18)10-17)28-23(31)20-12-24(13-20)4-7-30(8-5-24)9-6-25/h2-3,10-11,14-16,20H,4-9,12-13H2,1H3,(H,26,28,31). The second-order valence-electron chi connectivity index (χ2n) is 9.16. The van der Waals surface area contributed by atoms with Crippen LogP contribution in [0.2, 0.25) is 0 Å². The molecule has 1 saturated heterocycles. The molecule has 6 nitrogen and oxygen atoms in total. The van der Waals surface area contributed by atoms with E-state index in [-0.39, 0.29) is 23.9 Å². The van der Waals surface area contributed by atoms with Crippen LogP contribution < -0.4 is 5.32 Å². The molecule has 1 aliphatic heterocycles. The number of aryl methyl sites for hydroxylation is 1. The number of hydrogen-bond acceptors (Lipinski definition) is 4.